The van der Waals surface area contributed by atoms with Gasteiger partial charge in [0.25, 0.3) is 0 Å². The molecule has 0 aliphatic rings. The van der Waals surface area contributed by atoms with Gasteiger partial charge in [0.15, 0.2) is 0 Å². The summed E-state index contributed by atoms with van der Waals surface area (Å²) < 4.78 is 0. The van der Waals surface area contributed by atoms with E-state index in [-0.39, 0.29) is 0 Å². The van der Waals surface area contributed by atoms with Crippen LogP contribution < -0.4 is 0 Å². The third-order valence-corrected chi connectivity index (χ3v) is 4.39. The summed E-state index contributed by atoms with van der Waals surface area (Å²) in [4.78, 5) is 5.90. The van der Waals surface area contributed by atoms with Crippen LogP contribution in [0.15, 0.2) is 54.6 Å². The first-order valence-corrected chi connectivity index (χ1v) is 7.15. The Morgan fingerprint density at radius 3 is 1.89 bits per heavy atom. The highest BCUT2D eigenvalue weighted by atomic mass is 32.1. The van der Waals surface area contributed by atoms with Crippen LogP contribution in [0.3, 0.4) is 0 Å². The lowest BCUT2D eigenvalue weighted by Gasteiger charge is -2.02. The average molecular weight is 265 g/mol. The number of hydrogen-bond donors (Lipinski definition) is 0. The molecule has 0 bridgehead atoms. The Balaban J connectivity index is 1.95. The van der Waals surface area contributed by atoms with Gasteiger partial charge in [-0.05, 0) is 25.0 Å². The maximum absolute atomic E-state index is 4.60. The highest BCUT2D eigenvalue weighted by molar-refractivity contribution is 7.15. The Bertz CT molecular complexity index is 662. The molecule has 1 nitrogen and oxygen atoms in total. The number of hydrogen-bond acceptors (Lipinski definition) is 2. The van der Waals surface area contributed by atoms with Crippen LogP contribution >= 0.6 is 11.3 Å². The van der Waals surface area contributed by atoms with E-state index >= 15 is 0 Å². The Morgan fingerprint density at radius 2 is 1.32 bits per heavy atom. The van der Waals surface area contributed by atoms with Crippen molar-refractivity contribution in [3.05, 3.63) is 65.2 Å². The van der Waals surface area contributed by atoms with Crippen LogP contribution in [-0.4, -0.2) is 4.98 Å². The van der Waals surface area contributed by atoms with Crippen LogP contribution in [-0.2, 0) is 0 Å². The van der Waals surface area contributed by atoms with Gasteiger partial charge in [-0.3, -0.25) is 0 Å². The van der Waals surface area contributed by atoms with Gasteiger partial charge >= 0.3 is 0 Å². The zero-order valence-electron chi connectivity index (χ0n) is 11.1. The fraction of sp³-hybridized carbons (Fsp3) is 0.118. The molecule has 0 radical (unpaired) electrons. The van der Waals surface area contributed by atoms with E-state index in [4.69, 9.17) is 0 Å². The molecule has 0 N–H and O–H groups in total. The maximum Gasteiger partial charge on any atom is 0.123 e. The summed E-state index contributed by atoms with van der Waals surface area (Å²) in [5.74, 6) is 0. The quantitative estimate of drug-likeness (QED) is 0.628. The second kappa shape index (κ2) is 4.98. The molecule has 0 spiro atoms. The average Bonchev–Trinajstić information content (AvgIpc) is 2.80. The Morgan fingerprint density at radius 1 is 0.737 bits per heavy atom. The van der Waals surface area contributed by atoms with Crippen molar-refractivity contribution in [3.8, 4) is 21.7 Å². The lowest BCUT2D eigenvalue weighted by molar-refractivity contribution is 1.23. The highest BCUT2D eigenvalue weighted by Gasteiger charge is 2.06. The van der Waals surface area contributed by atoms with E-state index in [1.54, 1.807) is 11.3 Å². The molecule has 1 aromatic heterocycles. The molecule has 0 atom stereocenters. The predicted octanol–water partition coefficient (Wildman–Crippen LogP) is 5.09. The lowest BCUT2D eigenvalue weighted by Crippen LogP contribution is -1.80. The van der Waals surface area contributed by atoms with Gasteiger partial charge in [-0.15, -0.1) is 11.3 Å². The van der Waals surface area contributed by atoms with Crippen LogP contribution in [0, 0.1) is 13.8 Å². The molecule has 0 fully saturated rings. The molecule has 0 aliphatic heterocycles. The molecule has 0 saturated heterocycles. The minimum atomic E-state index is 1.11. The van der Waals surface area contributed by atoms with E-state index in [1.165, 1.54) is 21.6 Å². The predicted molar refractivity (Wildman–Crippen MR) is 82.5 cm³/mol. The summed E-state index contributed by atoms with van der Waals surface area (Å²) >= 11 is 1.76. The van der Waals surface area contributed by atoms with Crippen molar-refractivity contribution in [1.82, 2.24) is 4.98 Å². The molecular formula is C17H15NS. The van der Waals surface area contributed by atoms with Gasteiger partial charge < -0.3 is 0 Å². The lowest BCUT2D eigenvalue weighted by atomic mass is 10.0. The molecule has 0 unspecified atom stereocenters. The van der Waals surface area contributed by atoms with Gasteiger partial charge in [0.1, 0.15) is 5.01 Å². The normalized spacial score (nSPS) is 10.6. The SMILES string of the molecule is Cc1nc(-c2ccc(-c3ccccc3)cc2)sc1C. The summed E-state index contributed by atoms with van der Waals surface area (Å²) in [6.07, 6.45) is 0. The molecule has 0 saturated carbocycles. The van der Waals surface area contributed by atoms with Crippen molar-refractivity contribution >= 4 is 11.3 Å². The molecule has 19 heavy (non-hydrogen) atoms. The van der Waals surface area contributed by atoms with E-state index in [0.717, 1.165) is 10.7 Å². The fourth-order valence-corrected chi connectivity index (χ4v) is 2.95. The van der Waals surface area contributed by atoms with Crippen molar-refractivity contribution in [1.29, 1.82) is 0 Å². The first kappa shape index (κ1) is 12.1. The van der Waals surface area contributed by atoms with Gasteiger partial charge in [-0.25, -0.2) is 4.98 Å². The molecule has 94 valence electrons. The van der Waals surface area contributed by atoms with Crippen molar-refractivity contribution in [3.63, 3.8) is 0 Å². The molecule has 3 aromatic rings. The molecule has 1 heterocycles. The second-order valence-electron chi connectivity index (χ2n) is 4.60. The third kappa shape index (κ3) is 2.45. The molecule has 2 heteroatoms. The summed E-state index contributed by atoms with van der Waals surface area (Å²) in [5.41, 5.74) is 4.82. The highest BCUT2D eigenvalue weighted by Crippen LogP contribution is 2.29. The minimum absolute atomic E-state index is 1.11. The number of rotatable bonds is 2. The number of thiazole rings is 1. The topological polar surface area (TPSA) is 12.9 Å². The van der Waals surface area contributed by atoms with Crippen LogP contribution in [0.5, 0.6) is 0 Å². The van der Waals surface area contributed by atoms with Crippen molar-refractivity contribution in [2.24, 2.45) is 0 Å². The van der Waals surface area contributed by atoms with Gasteiger partial charge in [-0.1, -0.05) is 54.6 Å². The van der Waals surface area contributed by atoms with E-state index in [0.29, 0.717) is 0 Å². The second-order valence-corrected chi connectivity index (χ2v) is 5.81. The van der Waals surface area contributed by atoms with E-state index < -0.39 is 0 Å². The summed E-state index contributed by atoms with van der Waals surface area (Å²) in [5, 5.41) is 1.11. The Kier molecular flexibility index (Phi) is 3.18. The van der Waals surface area contributed by atoms with Gasteiger partial charge in [0, 0.05) is 10.4 Å². The molecule has 2 aromatic carbocycles. The maximum atomic E-state index is 4.60. The smallest absolute Gasteiger partial charge is 0.123 e. The van der Waals surface area contributed by atoms with Gasteiger partial charge in [0.05, 0.1) is 5.69 Å². The first-order chi connectivity index (χ1) is 9.24. The fourth-order valence-electron chi connectivity index (χ4n) is 2.03. The molecule has 0 aliphatic carbocycles. The number of aryl methyl sites for hydroxylation is 2. The van der Waals surface area contributed by atoms with Crippen LogP contribution in [0.25, 0.3) is 21.7 Å². The van der Waals surface area contributed by atoms with Crippen molar-refractivity contribution < 1.29 is 0 Å². The zero-order valence-corrected chi connectivity index (χ0v) is 11.9. The van der Waals surface area contributed by atoms with Gasteiger partial charge in [-0.2, -0.15) is 0 Å². The first-order valence-electron chi connectivity index (χ1n) is 6.34. The Labute approximate surface area is 117 Å². The van der Waals surface area contributed by atoms with E-state index in [2.05, 4.69) is 67.4 Å². The number of benzene rings is 2. The molecular weight excluding hydrogens is 250 g/mol. The van der Waals surface area contributed by atoms with E-state index in [1.807, 2.05) is 6.07 Å². The van der Waals surface area contributed by atoms with E-state index in [9.17, 15) is 0 Å². The number of nitrogens with zero attached hydrogens (tertiary/aromatic N) is 1. The monoisotopic (exact) mass is 265 g/mol. The van der Waals surface area contributed by atoms with Crippen LogP contribution in [0.2, 0.25) is 0 Å². The standard InChI is InChI=1S/C17H15NS/c1-12-13(2)19-17(18-12)16-10-8-15(9-11-16)14-6-4-3-5-7-14/h3-11H,1-2H3. The largest absolute Gasteiger partial charge is 0.241 e. The van der Waals surface area contributed by atoms with Crippen LogP contribution in [0.1, 0.15) is 10.6 Å². The third-order valence-electron chi connectivity index (χ3n) is 3.27. The van der Waals surface area contributed by atoms with Crippen LogP contribution in [0.4, 0.5) is 0 Å². The number of aromatic nitrogens is 1. The summed E-state index contributed by atoms with van der Waals surface area (Å²) in [6, 6.07) is 19.1. The summed E-state index contributed by atoms with van der Waals surface area (Å²) in [7, 11) is 0. The van der Waals surface area contributed by atoms with Crippen molar-refractivity contribution in [2.45, 2.75) is 13.8 Å². The zero-order chi connectivity index (χ0) is 13.2. The summed E-state index contributed by atoms with van der Waals surface area (Å²) in [6.45, 7) is 4.18. The van der Waals surface area contributed by atoms with Crippen molar-refractivity contribution in [2.75, 3.05) is 0 Å². The minimum Gasteiger partial charge on any atom is -0.241 e. The van der Waals surface area contributed by atoms with Gasteiger partial charge in [0.2, 0.25) is 0 Å². The Hall–Kier alpha value is -1.93. The molecule has 3 rings (SSSR count). The molecule has 0 amide bonds.